The van der Waals surface area contributed by atoms with E-state index in [1.54, 1.807) is 0 Å². The van der Waals surface area contributed by atoms with Gasteiger partial charge in [0.2, 0.25) is 0 Å². The summed E-state index contributed by atoms with van der Waals surface area (Å²) in [6.45, 7) is 6.13. The highest BCUT2D eigenvalue weighted by atomic mass is 16.1. The maximum absolute atomic E-state index is 11.7. The lowest BCUT2D eigenvalue weighted by Gasteiger charge is -2.33. The van der Waals surface area contributed by atoms with Gasteiger partial charge in [-0.3, -0.25) is 9.69 Å². The Labute approximate surface area is 75.9 Å². The molecule has 0 saturated carbocycles. The Kier molecular flexibility index (Phi) is 4.46. The Morgan fingerprint density at radius 3 is 2.08 bits per heavy atom. The number of carbonyl (C=O) groups is 1. The van der Waals surface area contributed by atoms with Crippen molar-refractivity contribution in [2.45, 2.75) is 45.6 Å². The zero-order valence-electron chi connectivity index (χ0n) is 8.98. The van der Waals surface area contributed by atoms with Crippen LogP contribution < -0.4 is 0 Å². The highest BCUT2D eigenvalue weighted by molar-refractivity contribution is 5.87. The average molecular weight is 171 g/mol. The van der Waals surface area contributed by atoms with Crippen LogP contribution in [0.5, 0.6) is 0 Å². The second-order valence-corrected chi connectivity index (χ2v) is 3.70. The fraction of sp³-hybridized carbons (Fsp3) is 0.900. The van der Waals surface area contributed by atoms with E-state index < -0.39 is 0 Å². The maximum atomic E-state index is 11.7. The SMILES string of the molecule is CCCC(=O)C(C)(CC)N(C)C. The van der Waals surface area contributed by atoms with Crippen LogP contribution in [0.3, 0.4) is 0 Å². The largest absolute Gasteiger partial charge is 0.298 e. The number of Topliss-reactive ketones (excluding diaryl/α,β-unsaturated/α-hetero) is 1. The molecule has 0 aromatic heterocycles. The fourth-order valence-electron chi connectivity index (χ4n) is 1.26. The molecule has 0 rings (SSSR count). The third-order valence-electron chi connectivity index (χ3n) is 2.75. The Hall–Kier alpha value is -0.370. The summed E-state index contributed by atoms with van der Waals surface area (Å²) in [6, 6.07) is 0. The van der Waals surface area contributed by atoms with Crippen molar-refractivity contribution < 1.29 is 4.79 Å². The number of ketones is 1. The predicted octanol–water partition coefficient (Wildman–Crippen LogP) is 2.09. The number of carbonyl (C=O) groups excluding carboxylic acids is 1. The molecule has 0 aliphatic heterocycles. The lowest BCUT2D eigenvalue weighted by molar-refractivity contribution is -0.129. The molecular weight excluding hydrogens is 150 g/mol. The van der Waals surface area contributed by atoms with E-state index in [-0.39, 0.29) is 5.54 Å². The van der Waals surface area contributed by atoms with Gasteiger partial charge >= 0.3 is 0 Å². The normalized spacial score (nSPS) is 16.2. The first-order chi connectivity index (χ1) is 5.49. The number of rotatable bonds is 5. The molecule has 0 amide bonds. The summed E-state index contributed by atoms with van der Waals surface area (Å²) in [6.07, 6.45) is 2.53. The van der Waals surface area contributed by atoms with Gasteiger partial charge in [0.25, 0.3) is 0 Å². The zero-order chi connectivity index (χ0) is 9.78. The average Bonchev–Trinajstić information content (AvgIpc) is 2.03. The molecular formula is C10H21NO. The van der Waals surface area contributed by atoms with Gasteiger partial charge in [0.1, 0.15) is 0 Å². The minimum atomic E-state index is -0.254. The van der Waals surface area contributed by atoms with E-state index in [4.69, 9.17) is 0 Å². The molecule has 72 valence electrons. The van der Waals surface area contributed by atoms with Crippen LogP contribution in [0.1, 0.15) is 40.0 Å². The molecule has 0 aromatic carbocycles. The molecule has 1 atom stereocenters. The van der Waals surface area contributed by atoms with E-state index in [1.807, 2.05) is 32.8 Å². The van der Waals surface area contributed by atoms with Gasteiger partial charge in [-0.25, -0.2) is 0 Å². The van der Waals surface area contributed by atoms with Crippen LogP contribution in [0.4, 0.5) is 0 Å². The summed E-state index contributed by atoms with van der Waals surface area (Å²) in [5, 5.41) is 0. The van der Waals surface area contributed by atoms with Gasteiger partial charge in [0.05, 0.1) is 5.54 Å². The molecule has 12 heavy (non-hydrogen) atoms. The van der Waals surface area contributed by atoms with Gasteiger partial charge in [0.15, 0.2) is 5.78 Å². The molecule has 2 nitrogen and oxygen atoms in total. The second kappa shape index (κ2) is 4.61. The van der Waals surface area contributed by atoms with Crippen LogP contribution in [0.2, 0.25) is 0 Å². The van der Waals surface area contributed by atoms with Gasteiger partial charge in [-0.15, -0.1) is 0 Å². The van der Waals surface area contributed by atoms with E-state index in [1.165, 1.54) is 0 Å². The van der Waals surface area contributed by atoms with Crippen molar-refractivity contribution in [1.29, 1.82) is 0 Å². The van der Waals surface area contributed by atoms with Gasteiger partial charge < -0.3 is 0 Å². The Morgan fingerprint density at radius 1 is 1.33 bits per heavy atom. The molecule has 0 aliphatic carbocycles. The van der Waals surface area contributed by atoms with Crippen LogP contribution in [0.25, 0.3) is 0 Å². The maximum Gasteiger partial charge on any atom is 0.152 e. The molecule has 0 fully saturated rings. The van der Waals surface area contributed by atoms with Crippen molar-refractivity contribution in [1.82, 2.24) is 4.90 Å². The minimum absolute atomic E-state index is 0.254. The third-order valence-corrected chi connectivity index (χ3v) is 2.75. The molecule has 0 aromatic rings. The van der Waals surface area contributed by atoms with Crippen molar-refractivity contribution >= 4 is 5.78 Å². The smallest absolute Gasteiger partial charge is 0.152 e. The molecule has 2 heteroatoms. The van der Waals surface area contributed by atoms with Gasteiger partial charge in [-0.1, -0.05) is 13.8 Å². The zero-order valence-corrected chi connectivity index (χ0v) is 8.98. The van der Waals surface area contributed by atoms with E-state index in [2.05, 4.69) is 6.92 Å². The molecule has 0 N–H and O–H groups in total. The topological polar surface area (TPSA) is 20.3 Å². The molecule has 1 unspecified atom stereocenters. The lowest BCUT2D eigenvalue weighted by atomic mass is 9.89. The summed E-state index contributed by atoms with van der Waals surface area (Å²) in [7, 11) is 3.94. The van der Waals surface area contributed by atoms with E-state index >= 15 is 0 Å². The van der Waals surface area contributed by atoms with E-state index in [0.717, 1.165) is 12.8 Å². The number of likely N-dealkylation sites (N-methyl/N-ethyl adjacent to an activating group) is 1. The van der Waals surface area contributed by atoms with Crippen molar-refractivity contribution in [3.8, 4) is 0 Å². The summed E-state index contributed by atoms with van der Waals surface area (Å²) in [4.78, 5) is 13.7. The van der Waals surface area contributed by atoms with Gasteiger partial charge in [0, 0.05) is 6.42 Å². The molecule has 0 radical (unpaired) electrons. The standard InChI is InChI=1S/C10H21NO/c1-6-8-9(12)10(3,7-2)11(4)5/h6-8H2,1-5H3. The quantitative estimate of drug-likeness (QED) is 0.631. The molecule has 0 aliphatic rings. The van der Waals surface area contributed by atoms with Crippen LogP contribution in [0.15, 0.2) is 0 Å². The number of hydrogen-bond acceptors (Lipinski definition) is 2. The molecule has 0 bridgehead atoms. The highest BCUT2D eigenvalue weighted by Gasteiger charge is 2.31. The van der Waals surface area contributed by atoms with Crippen LogP contribution in [0, 0.1) is 0 Å². The third kappa shape index (κ3) is 2.31. The van der Waals surface area contributed by atoms with Crippen molar-refractivity contribution in [3.05, 3.63) is 0 Å². The first kappa shape index (κ1) is 11.6. The summed E-state index contributed by atoms with van der Waals surface area (Å²) < 4.78 is 0. The first-order valence-electron chi connectivity index (χ1n) is 4.69. The number of nitrogens with zero attached hydrogens (tertiary/aromatic N) is 1. The Bertz CT molecular complexity index is 154. The van der Waals surface area contributed by atoms with E-state index in [9.17, 15) is 4.79 Å². The van der Waals surface area contributed by atoms with Gasteiger partial charge in [-0.2, -0.15) is 0 Å². The predicted molar refractivity (Wildman–Crippen MR) is 52.3 cm³/mol. The molecule has 0 heterocycles. The summed E-state index contributed by atoms with van der Waals surface area (Å²) in [5.74, 6) is 0.359. The van der Waals surface area contributed by atoms with Crippen molar-refractivity contribution in [3.63, 3.8) is 0 Å². The highest BCUT2D eigenvalue weighted by Crippen LogP contribution is 2.19. The van der Waals surface area contributed by atoms with Crippen LogP contribution in [-0.4, -0.2) is 30.3 Å². The summed E-state index contributed by atoms with van der Waals surface area (Å²) >= 11 is 0. The van der Waals surface area contributed by atoms with E-state index in [0.29, 0.717) is 12.2 Å². The minimum Gasteiger partial charge on any atom is -0.298 e. The molecule has 0 spiro atoms. The van der Waals surface area contributed by atoms with Crippen molar-refractivity contribution in [2.75, 3.05) is 14.1 Å². The van der Waals surface area contributed by atoms with Crippen LogP contribution >= 0.6 is 0 Å². The summed E-state index contributed by atoms with van der Waals surface area (Å²) in [5.41, 5.74) is -0.254. The Morgan fingerprint density at radius 2 is 1.83 bits per heavy atom. The fourth-order valence-corrected chi connectivity index (χ4v) is 1.26. The van der Waals surface area contributed by atoms with Crippen molar-refractivity contribution in [2.24, 2.45) is 0 Å². The lowest BCUT2D eigenvalue weighted by Crippen LogP contribution is -2.47. The van der Waals surface area contributed by atoms with Gasteiger partial charge in [-0.05, 0) is 33.9 Å². The first-order valence-corrected chi connectivity index (χ1v) is 4.69. The van der Waals surface area contributed by atoms with Crippen LogP contribution in [-0.2, 0) is 4.79 Å². The molecule has 0 saturated heterocycles. The Balaban J connectivity index is 4.40. The monoisotopic (exact) mass is 171 g/mol. The number of hydrogen-bond donors (Lipinski definition) is 0. The second-order valence-electron chi connectivity index (χ2n) is 3.70.